The minimum absolute atomic E-state index is 0.0831. The Morgan fingerprint density at radius 1 is 0.952 bits per heavy atom. The number of hydrogen-bond acceptors (Lipinski definition) is 3. The number of aliphatic hydroxyl groups is 1. The SMILES string of the molecule is CC(=O)/C(=C(/C)O)[C@H](Sc1ccccc1)c1ccccc1. The highest BCUT2D eigenvalue weighted by Crippen LogP contribution is 2.41. The molecule has 0 saturated heterocycles. The minimum atomic E-state index is -0.212. The van der Waals surface area contributed by atoms with Crippen LogP contribution in [0.5, 0.6) is 0 Å². The van der Waals surface area contributed by atoms with E-state index in [0.29, 0.717) is 5.57 Å². The Hall–Kier alpha value is -2.00. The van der Waals surface area contributed by atoms with Gasteiger partial charge in [-0.1, -0.05) is 48.5 Å². The first-order valence-electron chi connectivity index (χ1n) is 6.77. The van der Waals surface area contributed by atoms with E-state index in [1.807, 2.05) is 60.7 Å². The predicted molar refractivity (Wildman–Crippen MR) is 87.5 cm³/mol. The highest BCUT2D eigenvalue weighted by molar-refractivity contribution is 7.99. The van der Waals surface area contributed by atoms with Crippen molar-refractivity contribution in [2.75, 3.05) is 0 Å². The van der Waals surface area contributed by atoms with E-state index in [1.165, 1.54) is 6.92 Å². The molecular weight excluding hydrogens is 280 g/mol. The Morgan fingerprint density at radius 3 is 1.95 bits per heavy atom. The van der Waals surface area contributed by atoms with Crippen molar-refractivity contribution in [3.05, 3.63) is 77.6 Å². The number of rotatable bonds is 5. The zero-order valence-corrected chi connectivity index (χ0v) is 12.9. The maximum absolute atomic E-state index is 12.0. The summed E-state index contributed by atoms with van der Waals surface area (Å²) in [6.45, 7) is 3.06. The molecule has 2 rings (SSSR count). The molecule has 1 N–H and O–H groups in total. The van der Waals surface area contributed by atoms with E-state index in [2.05, 4.69) is 0 Å². The number of carbonyl (C=O) groups excluding carboxylic acids is 1. The number of benzene rings is 2. The van der Waals surface area contributed by atoms with E-state index in [1.54, 1.807) is 18.7 Å². The molecule has 0 aromatic heterocycles. The van der Waals surface area contributed by atoms with Gasteiger partial charge in [-0.05, 0) is 31.5 Å². The van der Waals surface area contributed by atoms with Crippen molar-refractivity contribution in [2.45, 2.75) is 24.0 Å². The first-order chi connectivity index (χ1) is 10.1. The zero-order chi connectivity index (χ0) is 15.2. The third kappa shape index (κ3) is 3.99. The molecular formula is C18H18O2S. The Morgan fingerprint density at radius 2 is 1.48 bits per heavy atom. The summed E-state index contributed by atoms with van der Waals surface area (Å²) in [6.07, 6.45) is 0. The average molecular weight is 298 g/mol. The zero-order valence-electron chi connectivity index (χ0n) is 12.1. The molecule has 0 amide bonds. The van der Waals surface area contributed by atoms with Gasteiger partial charge in [0.05, 0.1) is 11.0 Å². The highest BCUT2D eigenvalue weighted by Gasteiger charge is 2.23. The molecule has 0 aliphatic heterocycles. The lowest BCUT2D eigenvalue weighted by molar-refractivity contribution is -0.113. The summed E-state index contributed by atoms with van der Waals surface area (Å²) in [5.74, 6) is -0.0212. The molecule has 0 fully saturated rings. The fourth-order valence-electron chi connectivity index (χ4n) is 2.19. The van der Waals surface area contributed by atoms with E-state index in [9.17, 15) is 9.90 Å². The number of thioether (sulfide) groups is 1. The molecule has 0 spiro atoms. The van der Waals surface area contributed by atoms with Crippen LogP contribution in [0.2, 0.25) is 0 Å². The highest BCUT2D eigenvalue weighted by atomic mass is 32.2. The van der Waals surface area contributed by atoms with Crippen LogP contribution in [0.15, 0.2) is 76.9 Å². The van der Waals surface area contributed by atoms with Crippen molar-refractivity contribution < 1.29 is 9.90 Å². The number of hydrogen-bond donors (Lipinski definition) is 1. The van der Waals surface area contributed by atoms with Gasteiger partial charge < -0.3 is 5.11 Å². The Balaban J connectivity index is 2.45. The summed E-state index contributed by atoms with van der Waals surface area (Å²) in [6, 6.07) is 19.7. The molecule has 0 saturated carbocycles. The number of aliphatic hydroxyl groups excluding tert-OH is 1. The molecule has 1 atom stereocenters. The Kier molecular flexibility index (Phi) is 5.23. The van der Waals surface area contributed by atoms with E-state index >= 15 is 0 Å². The van der Waals surface area contributed by atoms with Gasteiger partial charge in [0.1, 0.15) is 0 Å². The van der Waals surface area contributed by atoms with Crippen molar-refractivity contribution in [3.8, 4) is 0 Å². The summed E-state index contributed by atoms with van der Waals surface area (Å²) in [4.78, 5) is 13.0. The van der Waals surface area contributed by atoms with Crippen LogP contribution in [0.3, 0.4) is 0 Å². The smallest absolute Gasteiger partial charge is 0.160 e. The summed E-state index contributed by atoms with van der Waals surface area (Å²) >= 11 is 1.57. The molecule has 0 aliphatic carbocycles. The van der Waals surface area contributed by atoms with Gasteiger partial charge in [0.25, 0.3) is 0 Å². The van der Waals surface area contributed by atoms with Crippen LogP contribution in [-0.2, 0) is 4.79 Å². The molecule has 2 nitrogen and oxygen atoms in total. The largest absolute Gasteiger partial charge is 0.512 e. The van der Waals surface area contributed by atoms with E-state index < -0.39 is 0 Å². The van der Waals surface area contributed by atoms with Crippen LogP contribution in [0.4, 0.5) is 0 Å². The van der Waals surface area contributed by atoms with Crippen LogP contribution < -0.4 is 0 Å². The summed E-state index contributed by atoms with van der Waals surface area (Å²) in [7, 11) is 0. The third-order valence-electron chi connectivity index (χ3n) is 3.13. The fraction of sp³-hybridized carbons (Fsp3) is 0.167. The van der Waals surface area contributed by atoms with Gasteiger partial charge in [-0.15, -0.1) is 11.8 Å². The molecule has 21 heavy (non-hydrogen) atoms. The van der Waals surface area contributed by atoms with Crippen molar-refractivity contribution in [3.63, 3.8) is 0 Å². The molecule has 0 radical (unpaired) electrons. The molecule has 108 valence electrons. The second-order valence-corrected chi connectivity index (χ2v) is 5.96. The molecule has 2 aromatic carbocycles. The number of allylic oxidation sites excluding steroid dienone is 1. The second kappa shape index (κ2) is 7.14. The van der Waals surface area contributed by atoms with Crippen molar-refractivity contribution in [1.82, 2.24) is 0 Å². The number of ketones is 1. The van der Waals surface area contributed by atoms with E-state index in [0.717, 1.165) is 10.5 Å². The molecule has 0 aliphatic rings. The van der Waals surface area contributed by atoms with Crippen LogP contribution in [0.1, 0.15) is 24.7 Å². The maximum atomic E-state index is 12.0. The van der Waals surface area contributed by atoms with E-state index in [-0.39, 0.29) is 16.8 Å². The van der Waals surface area contributed by atoms with Gasteiger partial charge in [-0.3, -0.25) is 4.79 Å². The molecule has 3 heteroatoms. The van der Waals surface area contributed by atoms with Gasteiger partial charge in [0.15, 0.2) is 5.78 Å². The molecule has 2 aromatic rings. The van der Waals surface area contributed by atoms with Crippen molar-refractivity contribution in [2.24, 2.45) is 0 Å². The van der Waals surface area contributed by atoms with Gasteiger partial charge in [0, 0.05) is 10.5 Å². The van der Waals surface area contributed by atoms with Crippen molar-refractivity contribution in [1.29, 1.82) is 0 Å². The summed E-state index contributed by atoms with van der Waals surface area (Å²) in [5, 5.41) is 9.73. The molecule has 0 unspecified atom stereocenters. The van der Waals surface area contributed by atoms with Crippen LogP contribution in [-0.4, -0.2) is 10.9 Å². The van der Waals surface area contributed by atoms with E-state index in [4.69, 9.17) is 0 Å². The summed E-state index contributed by atoms with van der Waals surface area (Å²) in [5.41, 5.74) is 1.46. The normalized spacial score (nSPS) is 13.4. The maximum Gasteiger partial charge on any atom is 0.160 e. The molecule has 0 heterocycles. The number of carbonyl (C=O) groups is 1. The van der Waals surface area contributed by atoms with Gasteiger partial charge >= 0.3 is 0 Å². The fourth-order valence-corrected chi connectivity index (χ4v) is 3.52. The van der Waals surface area contributed by atoms with Gasteiger partial charge in [-0.25, -0.2) is 0 Å². The van der Waals surface area contributed by atoms with Crippen molar-refractivity contribution >= 4 is 17.5 Å². The summed E-state index contributed by atoms with van der Waals surface area (Å²) < 4.78 is 0. The lowest BCUT2D eigenvalue weighted by Crippen LogP contribution is -2.09. The first kappa shape index (κ1) is 15.4. The lowest BCUT2D eigenvalue weighted by atomic mass is 10.0. The molecule has 0 bridgehead atoms. The standard InChI is InChI=1S/C18H18O2S/c1-13(19)17(14(2)20)18(15-9-5-3-6-10-15)21-16-11-7-4-8-12-16/h3-12,18-19H,1-2H3/b17-13+/t18-/m1/s1. The van der Waals surface area contributed by atoms with Gasteiger partial charge in [-0.2, -0.15) is 0 Å². The van der Waals surface area contributed by atoms with Crippen LogP contribution >= 0.6 is 11.8 Å². The quantitative estimate of drug-likeness (QED) is 0.482. The monoisotopic (exact) mass is 298 g/mol. The lowest BCUT2D eigenvalue weighted by Gasteiger charge is -2.19. The van der Waals surface area contributed by atoms with Crippen LogP contribution in [0.25, 0.3) is 0 Å². The van der Waals surface area contributed by atoms with Gasteiger partial charge in [0.2, 0.25) is 0 Å². The second-order valence-electron chi connectivity index (χ2n) is 4.78. The average Bonchev–Trinajstić information content (AvgIpc) is 2.48. The third-order valence-corrected chi connectivity index (χ3v) is 4.42. The first-order valence-corrected chi connectivity index (χ1v) is 7.65. The Labute approximate surface area is 129 Å². The Bertz CT molecular complexity index is 629. The number of Topliss-reactive ketones (excluding diaryl/α,β-unsaturated/α-hetero) is 1. The predicted octanol–water partition coefficient (Wildman–Crippen LogP) is 4.94. The van der Waals surface area contributed by atoms with Crippen LogP contribution in [0, 0.1) is 0 Å². The topological polar surface area (TPSA) is 37.3 Å². The minimum Gasteiger partial charge on any atom is -0.512 e.